The number of sulfonamides is 1. The van der Waals surface area contributed by atoms with Crippen molar-refractivity contribution >= 4 is 51.0 Å². The number of halogens is 2. The topological polar surface area (TPSA) is 110 Å². The molecule has 1 saturated heterocycles. The molecule has 0 bridgehead atoms. The number of carbonyl (C=O) groups excluding carboxylic acids is 3. The fraction of sp³-hybridized carbons (Fsp3) is 0.471. The molecular weight excluding hydrogens is 431 g/mol. The van der Waals surface area contributed by atoms with Gasteiger partial charge in [-0.3, -0.25) is 14.5 Å². The van der Waals surface area contributed by atoms with E-state index in [0.717, 1.165) is 17.0 Å². The van der Waals surface area contributed by atoms with Crippen LogP contribution in [0.2, 0.25) is 10.0 Å². The second-order valence-electron chi connectivity index (χ2n) is 6.63. The van der Waals surface area contributed by atoms with Crippen molar-refractivity contribution in [3.63, 3.8) is 0 Å². The third-order valence-corrected chi connectivity index (χ3v) is 6.11. The number of nitrogens with one attached hydrogen (secondary N) is 1. The summed E-state index contributed by atoms with van der Waals surface area (Å²) in [6, 6.07) is 2.12. The predicted molar refractivity (Wildman–Crippen MR) is 103 cm³/mol. The van der Waals surface area contributed by atoms with E-state index in [9.17, 15) is 22.8 Å². The summed E-state index contributed by atoms with van der Waals surface area (Å²) in [7, 11) is -3.98. The Morgan fingerprint density at radius 3 is 2.50 bits per heavy atom. The molecule has 28 heavy (non-hydrogen) atoms. The fourth-order valence-electron chi connectivity index (χ4n) is 2.44. The lowest BCUT2D eigenvalue weighted by Crippen LogP contribution is -2.35. The van der Waals surface area contributed by atoms with Gasteiger partial charge in [0.1, 0.15) is 4.90 Å². The molecule has 1 aliphatic heterocycles. The van der Waals surface area contributed by atoms with E-state index < -0.39 is 28.5 Å². The van der Waals surface area contributed by atoms with Crippen LogP contribution in [0.4, 0.5) is 0 Å². The lowest BCUT2D eigenvalue weighted by atomic mass is 10.2. The smallest absolute Gasteiger partial charge is 0.340 e. The van der Waals surface area contributed by atoms with Crippen molar-refractivity contribution < 1.29 is 27.5 Å². The van der Waals surface area contributed by atoms with E-state index in [1.165, 1.54) is 0 Å². The van der Waals surface area contributed by atoms with Gasteiger partial charge in [0.15, 0.2) is 6.61 Å². The monoisotopic (exact) mass is 450 g/mol. The van der Waals surface area contributed by atoms with Crippen LogP contribution in [0.3, 0.4) is 0 Å². The van der Waals surface area contributed by atoms with Crippen molar-refractivity contribution in [1.29, 1.82) is 0 Å². The maximum atomic E-state index is 12.4. The average Bonchev–Trinajstić information content (AvgIpc) is 3.03. The van der Waals surface area contributed by atoms with Crippen LogP contribution in [-0.4, -0.2) is 50.8 Å². The zero-order chi connectivity index (χ0) is 21.1. The predicted octanol–water partition coefficient (Wildman–Crippen LogP) is 2.23. The van der Waals surface area contributed by atoms with Crippen LogP contribution in [0.15, 0.2) is 17.0 Å². The van der Waals surface area contributed by atoms with Gasteiger partial charge >= 0.3 is 5.97 Å². The molecule has 2 amide bonds. The molecule has 2 rings (SSSR count). The minimum atomic E-state index is -3.98. The molecule has 8 nitrogen and oxygen atoms in total. The van der Waals surface area contributed by atoms with Crippen molar-refractivity contribution in [1.82, 2.24) is 9.62 Å². The highest BCUT2D eigenvalue weighted by Crippen LogP contribution is 2.29. The van der Waals surface area contributed by atoms with Crippen molar-refractivity contribution in [2.75, 3.05) is 19.7 Å². The van der Waals surface area contributed by atoms with E-state index in [0.29, 0.717) is 6.42 Å². The number of esters is 1. The van der Waals surface area contributed by atoms with Gasteiger partial charge in [-0.05, 0) is 24.5 Å². The second kappa shape index (κ2) is 9.21. The number of carbonyl (C=O) groups is 3. The maximum absolute atomic E-state index is 12.4. The number of rotatable bonds is 7. The first-order chi connectivity index (χ1) is 13.0. The maximum Gasteiger partial charge on any atom is 0.340 e. The lowest BCUT2D eigenvalue weighted by Gasteiger charge is -2.14. The van der Waals surface area contributed by atoms with E-state index in [1.807, 2.05) is 13.8 Å². The molecule has 1 fully saturated rings. The zero-order valence-corrected chi connectivity index (χ0v) is 17.7. The Morgan fingerprint density at radius 2 is 1.93 bits per heavy atom. The van der Waals surface area contributed by atoms with Crippen LogP contribution in [-0.2, 0) is 24.3 Å². The number of hydrogen-bond donors (Lipinski definition) is 1. The van der Waals surface area contributed by atoms with E-state index in [4.69, 9.17) is 27.9 Å². The van der Waals surface area contributed by atoms with Gasteiger partial charge in [-0.15, -0.1) is 0 Å². The first kappa shape index (κ1) is 22.6. The number of imide groups is 1. The first-order valence-electron chi connectivity index (χ1n) is 8.52. The molecule has 154 valence electrons. The highest BCUT2D eigenvalue weighted by Gasteiger charge is 2.28. The molecule has 0 aromatic heterocycles. The van der Waals surface area contributed by atoms with Crippen LogP contribution in [0.5, 0.6) is 0 Å². The number of amides is 2. The minimum Gasteiger partial charge on any atom is -0.452 e. The summed E-state index contributed by atoms with van der Waals surface area (Å²) in [6.45, 7) is 3.46. The van der Waals surface area contributed by atoms with Gasteiger partial charge < -0.3 is 4.74 Å². The third kappa shape index (κ3) is 5.44. The molecule has 1 aliphatic rings. The van der Waals surface area contributed by atoms with Crippen LogP contribution < -0.4 is 4.72 Å². The molecule has 1 N–H and O–H groups in total. The van der Waals surface area contributed by atoms with Crippen LogP contribution in [0, 0.1) is 5.92 Å². The molecule has 1 aromatic rings. The van der Waals surface area contributed by atoms with Crippen molar-refractivity contribution in [3.05, 3.63) is 27.7 Å². The van der Waals surface area contributed by atoms with Gasteiger partial charge in [0.05, 0.1) is 15.6 Å². The molecule has 1 aromatic carbocycles. The van der Waals surface area contributed by atoms with Crippen LogP contribution >= 0.6 is 23.2 Å². The van der Waals surface area contributed by atoms with Gasteiger partial charge in [0.2, 0.25) is 15.9 Å². The Morgan fingerprint density at radius 1 is 1.25 bits per heavy atom. The number of benzene rings is 1. The normalized spacial score (nSPS) is 14.6. The van der Waals surface area contributed by atoms with Gasteiger partial charge in [-0.2, -0.15) is 0 Å². The Bertz CT molecular complexity index is 901. The molecule has 11 heteroatoms. The summed E-state index contributed by atoms with van der Waals surface area (Å²) in [5.74, 6) is -1.91. The average molecular weight is 451 g/mol. The quantitative estimate of drug-likeness (QED) is 0.637. The van der Waals surface area contributed by atoms with Gasteiger partial charge in [0, 0.05) is 19.5 Å². The van der Waals surface area contributed by atoms with E-state index in [1.54, 1.807) is 0 Å². The summed E-state index contributed by atoms with van der Waals surface area (Å²) in [4.78, 5) is 36.5. The summed E-state index contributed by atoms with van der Waals surface area (Å²) in [5.41, 5.74) is -0.253. The second-order valence-corrected chi connectivity index (χ2v) is 9.18. The molecule has 0 aliphatic carbocycles. The molecule has 0 atom stereocenters. The van der Waals surface area contributed by atoms with E-state index in [-0.39, 0.29) is 51.8 Å². The number of hydrogen-bond acceptors (Lipinski definition) is 6. The SMILES string of the molecule is CC(C)CNS(=O)(=O)c1cc(C(=O)OCC(=O)N2CCCC2=O)c(Cl)cc1Cl. The number of likely N-dealkylation sites (tertiary alicyclic amines) is 1. The summed E-state index contributed by atoms with van der Waals surface area (Å²) < 4.78 is 32.2. The van der Waals surface area contributed by atoms with E-state index in [2.05, 4.69) is 4.72 Å². The molecule has 0 radical (unpaired) electrons. The van der Waals surface area contributed by atoms with Gasteiger partial charge in [0.25, 0.3) is 5.91 Å². The number of nitrogens with zero attached hydrogens (tertiary/aromatic N) is 1. The summed E-state index contributed by atoms with van der Waals surface area (Å²) in [6.07, 6.45) is 0.833. The van der Waals surface area contributed by atoms with Gasteiger partial charge in [-0.25, -0.2) is 17.9 Å². The van der Waals surface area contributed by atoms with Crippen LogP contribution in [0.25, 0.3) is 0 Å². The summed E-state index contributed by atoms with van der Waals surface area (Å²) >= 11 is 12.0. The zero-order valence-electron chi connectivity index (χ0n) is 15.3. The standard InChI is InChI=1S/C17H20Cl2N2O6S/c1-10(2)8-20-28(25,26)14-6-11(12(18)7-13(14)19)17(24)27-9-16(23)21-5-3-4-15(21)22/h6-7,10,20H,3-5,8-9H2,1-2H3. The molecule has 1 heterocycles. The van der Waals surface area contributed by atoms with Crippen LogP contribution in [0.1, 0.15) is 37.0 Å². The Kier molecular flexibility index (Phi) is 7.44. The third-order valence-electron chi connectivity index (χ3n) is 3.91. The lowest BCUT2D eigenvalue weighted by molar-refractivity contribution is -0.143. The van der Waals surface area contributed by atoms with E-state index >= 15 is 0 Å². The minimum absolute atomic E-state index is 0.0598. The largest absolute Gasteiger partial charge is 0.452 e. The molecule has 0 spiro atoms. The Hall–Kier alpha value is -1.68. The van der Waals surface area contributed by atoms with Crippen molar-refractivity contribution in [2.45, 2.75) is 31.6 Å². The summed E-state index contributed by atoms with van der Waals surface area (Å²) in [5, 5.41) is -0.279. The van der Waals surface area contributed by atoms with Gasteiger partial charge in [-0.1, -0.05) is 37.0 Å². The number of ether oxygens (including phenoxy) is 1. The van der Waals surface area contributed by atoms with Crippen molar-refractivity contribution in [3.8, 4) is 0 Å². The molecular formula is C17H20Cl2N2O6S. The first-order valence-corrected chi connectivity index (χ1v) is 10.8. The van der Waals surface area contributed by atoms with Crippen molar-refractivity contribution in [2.24, 2.45) is 5.92 Å². The molecule has 0 saturated carbocycles. The highest BCUT2D eigenvalue weighted by molar-refractivity contribution is 7.89. The molecule has 0 unspecified atom stereocenters. The fourth-order valence-corrected chi connectivity index (χ4v) is 4.50. The Labute approximate surface area is 173 Å². The highest BCUT2D eigenvalue weighted by atomic mass is 35.5. The Balaban J connectivity index is 2.17.